The van der Waals surface area contributed by atoms with Gasteiger partial charge in [0.15, 0.2) is 0 Å². The Labute approximate surface area is 270 Å². The maximum Gasteiger partial charge on any atom is 0.244 e. The number of nitrogens with one attached hydrogen (secondary N) is 1. The second-order valence-corrected chi connectivity index (χ2v) is 14.1. The van der Waals surface area contributed by atoms with Crippen molar-refractivity contribution < 1.29 is 22.7 Å². The van der Waals surface area contributed by atoms with Gasteiger partial charge in [-0.1, -0.05) is 72.3 Å². The van der Waals surface area contributed by atoms with Crippen molar-refractivity contribution in [3.63, 3.8) is 0 Å². The fraction of sp³-hybridized carbons (Fsp3) is 0.257. The van der Waals surface area contributed by atoms with Crippen LogP contribution in [0.5, 0.6) is 11.5 Å². The number of carbonyl (C=O) groups excluding carboxylic acids is 2. The highest BCUT2D eigenvalue weighted by Crippen LogP contribution is 2.26. The molecule has 0 aliphatic heterocycles. The van der Waals surface area contributed by atoms with Crippen LogP contribution in [0.4, 0.5) is 5.69 Å². The van der Waals surface area contributed by atoms with E-state index in [0.29, 0.717) is 16.5 Å². The van der Waals surface area contributed by atoms with Crippen LogP contribution in [-0.2, 0) is 32.6 Å². The van der Waals surface area contributed by atoms with E-state index in [9.17, 15) is 18.0 Å². The standard InChI is InChI=1S/C35H38ClN3O5S/c1-35(2,3)37-34(41)32(23-26-11-7-5-8-12-26)38(24-27-15-17-28(36)18-16-27)33(40)25-39(45(4,42)43)29-19-21-31(22-20-29)44-30-13-9-6-10-14-30/h5-22,32H,23-25H2,1-4H3,(H,37,41). The van der Waals surface area contributed by atoms with E-state index in [4.69, 9.17) is 16.3 Å². The van der Waals surface area contributed by atoms with Crippen LogP contribution in [0.1, 0.15) is 31.9 Å². The van der Waals surface area contributed by atoms with Gasteiger partial charge in [-0.25, -0.2) is 8.42 Å². The maximum absolute atomic E-state index is 14.2. The third-order valence-corrected chi connectivity index (χ3v) is 8.21. The van der Waals surface area contributed by atoms with E-state index < -0.39 is 34.1 Å². The molecule has 236 valence electrons. The molecule has 0 aliphatic rings. The molecule has 0 saturated heterocycles. The quantitative estimate of drug-likeness (QED) is 0.191. The molecule has 0 saturated carbocycles. The number of halogens is 1. The van der Waals surface area contributed by atoms with Gasteiger partial charge in [0.1, 0.15) is 24.1 Å². The maximum atomic E-state index is 14.2. The van der Waals surface area contributed by atoms with Crippen LogP contribution in [-0.4, -0.2) is 49.5 Å². The second-order valence-electron chi connectivity index (χ2n) is 11.8. The Bertz CT molecular complexity index is 1680. The van der Waals surface area contributed by atoms with Crippen molar-refractivity contribution in [2.24, 2.45) is 0 Å². The molecule has 0 spiro atoms. The van der Waals surface area contributed by atoms with Crippen LogP contribution in [0.15, 0.2) is 109 Å². The van der Waals surface area contributed by atoms with Crippen molar-refractivity contribution >= 4 is 39.1 Å². The first-order valence-corrected chi connectivity index (χ1v) is 16.7. The Morgan fingerprint density at radius 1 is 0.800 bits per heavy atom. The highest BCUT2D eigenvalue weighted by molar-refractivity contribution is 7.92. The summed E-state index contributed by atoms with van der Waals surface area (Å²) in [7, 11) is -3.90. The Balaban J connectivity index is 1.68. The van der Waals surface area contributed by atoms with Crippen molar-refractivity contribution in [2.45, 2.75) is 45.3 Å². The van der Waals surface area contributed by atoms with E-state index in [1.54, 1.807) is 48.5 Å². The van der Waals surface area contributed by atoms with Gasteiger partial charge in [0, 0.05) is 23.5 Å². The van der Waals surface area contributed by atoms with Gasteiger partial charge in [0.05, 0.1) is 11.9 Å². The molecule has 0 aliphatic carbocycles. The van der Waals surface area contributed by atoms with Gasteiger partial charge in [-0.15, -0.1) is 0 Å². The Morgan fingerprint density at radius 2 is 1.36 bits per heavy atom. The predicted octanol–water partition coefficient (Wildman–Crippen LogP) is 6.45. The fourth-order valence-electron chi connectivity index (χ4n) is 4.71. The first-order chi connectivity index (χ1) is 21.3. The number of hydrogen-bond donors (Lipinski definition) is 1. The minimum Gasteiger partial charge on any atom is -0.457 e. The lowest BCUT2D eigenvalue weighted by Gasteiger charge is -2.35. The van der Waals surface area contributed by atoms with Gasteiger partial charge in [-0.05, 0) is 80.4 Å². The highest BCUT2D eigenvalue weighted by Gasteiger charge is 2.34. The molecule has 45 heavy (non-hydrogen) atoms. The third-order valence-electron chi connectivity index (χ3n) is 6.82. The van der Waals surface area contributed by atoms with Crippen LogP contribution < -0.4 is 14.4 Å². The molecule has 0 radical (unpaired) electrons. The summed E-state index contributed by atoms with van der Waals surface area (Å²) in [6.07, 6.45) is 1.28. The normalized spacial score (nSPS) is 12.2. The zero-order valence-electron chi connectivity index (χ0n) is 25.8. The highest BCUT2D eigenvalue weighted by atomic mass is 35.5. The molecule has 2 amide bonds. The zero-order chi connectivity index (χ0) is 32.6. The number of benzene rings is 4. The molecule has 4 rings (SSSR count). The number of para-hydroxylation sites is 1. The molecule has 1 unspecified atom stereocenters. The molecule has 4 aromatic rings. The summed E-state index contributed by atoms with van der Waals surface area (Å²) in [5.41, 5.74) is 1.32. The van der Waals surface area contributed by atoms with Gasteiger partial charge in [-0.3, -0.25) is 13.9 Å². The van der Waals surface area contributed by atoms with Crippen LogP contribution in [0.2, 0.25) is 5.02 Å². The zero-order valence-corrected chi connectivity index (χ0v) is 27.4. The van der Waals surface area contributed by atoms with Gasteiger partial charge in [0.25, 0.3) is 0 Å². The van der Waals surface area contributed by atoms with Crippen LogP contribution in [0.25, 0.3) is 0 Å². The minimum atomic E-state index is -3.90. The summed E-state index contributed by atoms with van der Waals surface area (Å²) in [5.74, 6) is 0.263. The molecule has 1 atom stereocenters. The molecule has 4 aromatic carbocycles. The summed E-state index contributed by atoms with van der Waals surface area (Å²) in [6.45, 7) is 5.15. The fourth-order valence-corrected chi connectivity index (χ4v) is 5.69. The van der Waals surface area contributed by atoms with Crippen LogP contribution in [0.3, 0.4) is 0 Å². The van der Waals surface area contributed by atoms with E-state index in [2.05, 4.69) is 5.32 Å². The average molecular weight is 648 g/mol. The number of anilines is 1. The molecule has 8 nitrogen and oxygen atoms in total. The number of hydrogen-bond acceptors (Lipinski definition) is 5. The molecule has 10 heteroatoms. The lowest BCUT2D eigenvalue weighted by atomic mass is 10.0. The lowest BCUT2D eigenvalue weighted by molar-refractivity contribution is -0.140. The Morgan fingerprint density at radius 3 is 1.91 bits per heavy atom. The summed E-state index contributed by atoms with van der Waals surface area (Å²) in [4.78, 5) is 29.5. The van der Waals surface area contributed by atoms with Gasteiger partial charge in [-0.2, -0.15) is 0 Å². The molecule has 0 bridgehead atoms. The van der Waals surface area contributed by atoms with Crippen LogP contribution >= 0.6 is 11.6 Å². The van der Waals surface area contributed by atoms with Gasteiger partial charge < -0.3 is 15.0 Å². The summed E-state index contributed by atoms with van der Waals surface area (Å²) in [5, 5.41) is 3.54. The van der Waals surface area contributed by atoms with Crippen molar-refractivity contribution in [3.05, 3.63) is 125 Å². The molecule has 0 fully saturated rings. The molecular weight excluding hydrogens is 610 g/mol. The monoisotopic (exact) mass is 647 g/mol. The largest absolute Gasteiger partial charge is 0.457 e. The molecule has 0 heterocycles. The second kappa shape index (κ2) is 14.6. The van der Waals surface area contributed by atoms with Gasteiger partial charge in [0.2, 0.25) is 21.8 Å². The number of carbonyl (C=O) groups is 2. The first-order valence-electron chi connectivity index (χ1n) is 14.5. The third kappa shape index (κ3) is 10.1. The SMILES string of the molecule is CC(C)(C)NC(=O)C(Cc1ccccc1)N(Cc1ccc(Cl)cc1)C(=O)CN(c1ccc(Oc2ccccc2)cc1)S(C)(=O)=O. The van der Waals surface area contributed by atoms with Crippen molar-refractivity contribution in [1.29, 1.82) is 0 Å². The van der Waals surface area contributed by atoms with E-state index in [1.807, 2.05) is 81.4 Å². The van der Waals surface area contributed by atoms with Crippen LogP contribution in [0, 0.1) is 0 Å². The number of rotatable bonds is 12. The molecule has 0 aromatic heterocycles. The van der Waals surface area contributed by atoms with E-state index in [0.717, 1.165) is 21.7 Å². The van der Waals surface area contributed by atoms with E-state index in [-0.39, 0.29) is 24.6 Å². The Kier molecular flexibility index (Phi) is 10.9. The summed E-state index contributed by atoms with van der Waals surface area (Å²) in [6, 6.07) is 31.1. The van der Waals surface area contributed by atoms with Gasteiger partial charge >= 0.3 is 0 Å². The number of amides is 2. The predicted molar refractivity (Wildman–Crippen MR) is 179 cm³/mol. The van der Waals surface area contributed by atoms with Crippen molar-refractivity contribution in [2.75, 3.05) is 17.1 Å². The van der Waals surface area contributed by atoms with Crippen molar-refractivity contribution in [3.8, 4) is 11.5 Å². The molecule has 1 N–H and O–H groups in total. The first kappa shape index (κ1) is 33.6. The number of nitrogens with zero attached hydrogens (tertiary/aromatic N) is 2. The summed E-state index contributed by atoms with van der Waals surface area (Å²) < 4.78 is 33.0. The summed E-state index contributed by atoms with van der Waals surface area (Å²) >= 11 is 6.12. The number of ether oxygens (including phenoxy) is 1. The van der Waals surface area contributed by atoms with Crippen molar-refractivity contribution in [1.82, 2.24) is 10.2 Å². The molecular formula is C35H38ClN3O5S. The number of sulfonamides is 1. The van der Waals surface area contributed by atoms with E-state index >= 15 is 0 Å². The smallest absolute Gasteiger partial charge is 0.244 e. The van der Waals surface area contributed by atoms with E-state index in [1.165, 1.54) is 4.90 Å². The Hall–Kier alpha value is -4.34. The average Bonchev–Trinajstić information content (AvgIpc) is 2.98. The minimum absolute atomic E-state index is 0.0620. The topological polar surface area (TPSA) is 96.0 Å². The lowest BCUT2D eigenvalue weighted by Crippen LogP contribution is -2.56.